The number of ether oxygens (including phenoxy) is 1. The first-order chi connectivity index (χ1) is 9.40. The Kier molecular flexibility index (Phi) is 7.43. The van der Waals surface area contributed by atoms with Gasteiger partial charge in [-0.3, -0.25) is 4.79 Å². The van der Waals surface area contributed by atoms with E-state index in [1.165, 1.54) is 0 Å². The van der Waals surface area contributed by atoms with E-state index in [1.807, 2.05) is 0 Å². The number of amides is 1. The standard InChI is InChI=1S/C14H28N2O4/c1-10(2)8-20-9-12(17)7-16-5-3-11(4-6-16)13(18)14(15)19/h10-13,17-18H,3-9H2,1-2H3,(H2,15,19). The maximum Gasteiger partial charge on any atom is 0.246 e. The van der Waals surface area contributed by atoms with Crippen LogP contribution in [0.25, 0.3) is 0 Å². The maximum atomic E-state index is 10.9. The van der Waals surface area contributed by atoms with Crippen LogP contribution in [0, 0.1) is 11.8 Å². The highest BCUT2D eigenvalue weighted by Gasteiger charge is 2.28. The van der Waals surface area contributed by atoms with Crippen molar-refractivity contribution in [2.24, 2.45) is 17.6 Å². The number of aliphatic hydroxyl groups is 2. The summed E-state index contributed by atoms with van der Waals surface area (Å²) in [4.78, 5) is 13.1. The van der Waals surface area contributed by atoms with Crippen molar-refractivity contribution in [2.45, 2.75) is 38.9 Å². The van der Waals surface area contributed by atoms with E-state index in [4.69, 9.17) is 10.5 Å². The largest absolute Gasteiger partial charge is 0.389 e. The van der Waals surface area contributed by atoms with Gasteiger partial charge in [0.15, 0.2) is 0 Å². The highest BCUT2D eigenvalue weighted by atomic mass is 16.5. The number of hydrogen-bond acceptors (Lipinski definition) is 5. The molecule has 1 saturated heterocycles. The molecule has 118 valence electrons. The molecule has 1 aliphatic rings. The van der Waals surface area contributed by atoms with Crippen LogP contribution in [0.4, 0.5) is 0 Å². The van der Waals surface area contributed by atoms with Gasteiger partial charge in [-0.25, -0.2) is 0 Å². The van der Waals surface area contributed by atoms with Crippen molar-refractivity contribution in [3.8, 4) is 0 Å². The molecule has 1 amide bonds. The number of likely N-dealkylation sites (tertiary alicyclic amines) is 1. The number of rotatable bonds is 8. The molecule has 6 heteroatoms. The Morgan fingerprint density at radius 2 is 1.90 bits per heavy atom. The molecule has 0 aromatic rings. The molecule has 20 heavy (non-hydrogen) atoms. The molecule has 6 nitrogen and oxygen atoms in total. The maximum absolute atomic E-state index is 10.9. The molecule has 0 aromatic carbocycles. The molecule has 0 aliphatic carbocycles. The fourth-order valence-electron chi connectivity index (χ4n) is 2.47. The minimum atomic E-state index is -1.04. The van der Waals surface area contributed by atoms with Crippen molar-refractivity contribution >= 4 is 5.91 Å². The minimum Gasteiger partial charge on any atom is -0.389 e. The van der Waals surface area contributed by atoms with E-state index in [0.717, 1.165) is 25.9 Å². The molecule has 2 unspecified atom stereocenters. The average Bonchev–Trinajstić information content (AvgIpc) is 2.38. The molecule has 0 saturated carbocycles. The Labute approximate surface area is 120 Å². The number of carbonyl (C=O) groups is 1. The molecule has 4 N–H and O–H groups in total. The molecule has 0 spiro atoms. The van der Waals surface area contributed by atoms with E-state index >= 15 is 0 Å². The summed E-state index contributed by atoms with van der Waals surface area (Å²) in [6.45, 7) is 7.23. The molecule has 1 heterocycles. The zero-order valence-corrected chi connectivity index (χ0v) is 12.5. The predicted octanol–water partition coefficient (Wildman–Crippen LogP) is -0.422. The van der Waals surface area contributed by atoms with Crippen molar-refractivity contribution in [2.75, 3.05) is 32.8 Å². The summed E-state index contributed by atoms with van der Waals surface area (Å²) >= 11 is 0. The van der Waals surface area contributed by atoms with Crippen molar-refractivity contribution < 1.29 is 19.7 Å². The first kappa shape index (κ1) is 17.4. The summed E-state index contributed by atoms with van der Waals surface area (Å²) < 4.78 is 5.41. The molecule has 0 aromatic heterocycles. The number of nitrogens with zero attached hydrogens (tertiary/aromatic N) is 1. The zero-order chi connectivity index (χ0) is 15.1. The van der Waals surface area contributed by atoms with E-state index < -0.39 is 18.1 Å². The van der Waals surface area contributed by atoms with Gasteiger partial charge in [0.1, 0.15) is 6.10 Å². The van der Waals surface area contributed by atoms with Gasteiger partial charge in [0, 0.05) is 13.2 Å². The van der Waals surface area contributed by atoms with Gasteiger partial charge in [-0.05, 0) is 37.8 Å². The number of aliphatic hydroxyl groups excluding tert-OH is 2. The Balaban J connectivity index is 2.20. The van der Waals surface area contributed by atoms with Crippen LogP contribution in [0.2, 0.25) is 0 Å². The van der Waals surface area contributed by atoms with Crippen LogP contribution >= 0.6 is 0 Å². The molecule has 1 rings (SSSR count). The lowest BCUT2D eigenvalue weighted by Crippen LogP contribution is -2.45. The lowest BCUT2D eigenvalue weighted by atomic mass is 9.91. The number of primary amides is 1. The Bertz CT molecular complexity index is 291. The summed E-state index contributed by atoms with van der Waals surface area (Å²) in [6.07, 6.45) is -0.0873. The number of carbonyl (C=O) groups excluding carboxylic acids is 1. The topological polar surface area (TPSA) is 96.0 Å². The average molecular weight is 288 g/mol. The number of nitrogens with two attached hydrogens (primary N) is 1. The first-order valence-electron chi connectivity index (χ1n) is 7.35. The predicted molar refractivity (Wildman–Crippen MR) is 76.0 cm³/mol. The normalized spacial score (nSPS) is 21.1. The van der Waals surface area contributed by atoms with Gasteiger partial charge in [0.05, 0.1) is 12.7 Å². The molecule has 2 atom stereocenters. The zero-order valence-electron chi connectivity index (χ0n) is 12.5. The Morgan fingerprint density at radius 3 is 2.40 bits per heavy atom. The number of hydrogen-bond donors (Lipinski definition) is 3. The van der Waals surface area contributed by atoms with Crippen LogP contribution in [0.3, 0.4) is 0 Å². The Hall–Kier alpha value is -0.690. The summed E-state index contributed by atoms with van der Waals surface area (Å²) in [7, 11) is 0. The summed E-state index contributed by atoms with van der Waals surface area (Å²) in [5.74, 6) is -0.239. The quantitative estimate of drug-likeness (QED) is 0.564. The van der Waals surface area contributed by atoms with Crippen LogP contribution < -0.4 is 5.73 Å². The van der Waals surface area contributed by atoms with Gasteiger partial charge in [-0.1, -0.05) is 13.8 Å². The van der Waals surface area contributed by atoms with E-state index in [1.54, 1.807) is 0 Å². The van der Waals surface area contributed by atoms with Crippen LogP contribution in [-0.4, -0.2) is 66.1 Å². The fraction of sp³-hybridized carbons (Fsp3) is 0.929. The highest BCUT2D eigenvalue weighted by Crippen LogP contribution is 2.20. The van der Waals surface area contributed by atoms with E-state index in [9.17, 15) is 15.0 Å². The fourth-order valence-corrected chi connectivity index (χ4v) is 2.47. The van der Waals surface area contributed by atoms with Crippen LogP contribution in [0.1, 0.15) is 26.7 Å². The summed E-state index contributed by atoms with van der Waals surface area (Å²) in [5, 5.41) is 19.5. The van der Waals surface area contributed by atoms with Crippen molar-refractivity contribution in [3.63, 3.8) is 0 Å². The smallest absolute Gasteiger partial charge is 0.246 e. The van der Waals surface area contributed by atoms with Gasteiger partial charge in [-0.15, -0.1) is 0 Å². The van der Waals surface area contributed by atoms with Gasteiger partial charge in [-0.2, -0.15) is 0 Å². The van der Waals surface area contributed by atoms with Crippen LogP contribution in [0.5, 0.6) is 0 Å². The van der Waals surface area contributed by atoms with E-state index in [0.29, 0.717) is 25.7 Å². The van der Waals surface area contributed by atoms with Gasteiger partial charge in [0.2, 0.25) is 5.91 Å². The van der Waals surface area contributed by atoms with E-state index in [-0.39, 0.29) is 5.92 Å². The van der Waals surface area contributed by atoms with Gasteiger partial charge >= 0.3 is 0 Å². The molecule has 1 fully saturated rings. The molecule has 0 bridgehead atoms. The number of β-amino-alcohol motifs (C(OH)–C–C–N with tert-alkyl or cyclic N) is 1. The van der Waals surface area contributed by atoms with Crippen molar-refractivity contribution in [1.29, 1.82) is 0 Å². The second-order valence-corrected chi connectivity index (χ2v) is 6.07. The van der Waals surface area contributed by atoms with Crippen LogP contribution in [-0.2, 0) is 9.53 Å². The first-order valence-corrected chi connectivity index (χ1v) is 7.35. The Morgan fingerprint density at radius 1 is 1.30 bits per heavy atom. The molecular formula is C14H28N2O4. The van der Waals surface area contributed by atoms with Crippen molar-refractivity contribution in [1.82, 2.24) is 4.90 Å². The minimum absolute atomic E-state index is 0.0573. The van der Waals surface area contributed by atoms with Crippen LogP contribution in [0.15, 0.2) is 0 Å². The second-order valence-electron chi connectivity index (χ2n) is 6.07. The highest BCUT2D eigenvalue weighted by molar-refractivity contribution is 5.78. The number of piperidine rings is 1. The molecular weight excluding hydrogens is 260 g/mol. The second kappa shape index (κ2) is 8.56. The third-order valence-corrected chi connectivity index (χ3v) is 3.60. The van der Waals surface area contributed by atoms with Gasteiger partial charge in [0.25, 0.3) is 0 Å². The summed E-state index contributed by atoms with van der Waals surface area (Å²) in [5.41, 5.74) is 5.10. The van der Waals surface area contributed by atoms with Gasteiger partial charge < -0.3 is 25.6 Å². The third-order valence-electron chi connectivity index (χ3n) is 3.60. The summed E-state index contributed by atoms with van der Waals surface area (Å²) in [6, 6.07) is 0. The lowest BCUT2D eigenvalue weighted by molar-refractivity contribution is -0.129. The molecule has 0 radical (unpaired) electrons. The lowest BCUT2D eigenvalue weighted by Gasteiger charge is -2.34. The molecule has 1 aliphatic heterocycles. The third kappa shape index (κ3) is 6.17. The monoisotopic (exact) mass is 288 g/mol. The SMILES string of the molecule is CC(C)COCC(O)CN1CCC(C(O)C(N)=O)CC1. The van der Waals surface area contributed by atoms with Crippen molar-refractivity contribution in [3.05, 3.63) is 0 Å². The van der Waals surface area contributed by atoms with E-state index in [2.05, 4.69) is 18.7 Å².